The number of halogens is 1. The van der Waals surface area contributed by atoms with Crippen LogP contribution in [0.2, 0.25) is 23.2 Å². The first-order chi connectivity index (χ1) is 28.8. The third kappa shape index (κ3) is 10.3. The van der Waals surface area contributed by atoms with E-state index in [1.54, 1.807) is 26.0 Å². The molecule has 8 atom stereocenters. The van der Waals surface area contributed by atoms with Crippen LogP contribution < -0.4 is 14.4 Å². The van der Waals surface area contributed by atoms with Gasteiger partial charge in [-0.3, -0.25) is 4.79 Å². The molecule has 6 rings (SSSR count). The van der Waals surface area contributed by atoms with E-state index in [0.29, 0.717) is 37.2 Å². The predicted molar refractivity (Wildman–Crippen MR) is 252 cm³/mol. The van der Waals surface area contributed by atoms with E-state index in [9.17, 15) is 13.8 Å². The van der Waals surface area contributed by atoms with E-state index in [4.69, 9.17) is 25.5 Å². The van der Waals surface area contributed by atoms with Crippen molar-refractivity contribution in [2.24, 2.45) is 22.1 Å². The highest BCUT2D eigenvalue weighted by Crippen LogP contribution is 2.48. The highest BCUT2D eigenvalue weighted by Gasteiger charge is 2.47. The standard InChI is InChI=1S/C49H66ClN3O6SSi/c1-11-17-33(3)35(5)60(56,52-47(55)58-34(4)36-18-14-13-15-19-36)51-46(54)38-22-26-45-43(29-38)53(30-39-21-24-41(39)44(12-2)59-61(9,10)48(6,7)8)31-49(32-57-45)27-16-20-37-28-40(50)23-25-42(37)49/h11-15,18-19,22-23,25-26,28-29,33-35,39,41,44H,1-2,16-17,20-21,24,27,30-32H2,3-10H3,(H,51,52,54,55,56)/t33-,34-,35+,39-,41+,44-,49-,60?/m0/s1. The van der Waals surface area contributed by atoms with Crippen LogP contribution in [0.25, 0.3) is 0 Å². The van der Waals surface area contributed by atoms with Crippen molar-refractivity contribution >= 4 is 47.5 Å². The second-order valence-electron chi connectivity index (χ2n) is 19.1. The first kappa shape index (κ1) is 46.6. The maximum atomic E-state index is 14.9. The van der Waals surface area contributed by atoms with Crippen molar-refractivity contribution in [3.63, 3.8) is 0 Å². The van der Waals surface area contributed by atoms with Gasteiger partial charge in [-0.1, -0.05) is 87.8 Å². The Kier molecular flexibility index (Phi) is 14.4. The lowest BCUT2D eigenvalue weighted by Gasteiger charge is -2.48. The number of amides is 2. The van der Waals surface area contributed by atoms with E-state index in [-0.39, 0.29) is 28.0 Å². The number of rotatable bonds is 14. The molecule has 0 saturated heterocycles. The summed E-state index contributed by atoms with van der Waals surface area (Å²) < 4.78 is 41.2. The molecule has 1 heterocycles. The zero-order valence-electron chi connectivity index (χ0n) is 37.4. The topological polar surface area (TPSA) is 107 Å². The van der Waals surface area contributed by atoms with Crippen molar-refractivity contribution in [1.29, 1.82) is 0 Å². The van der Waals surface area contributed by atoms with Crippen LogP contribution in [-0.2, 0) is 30.9 Å². The highest BCUT2D eigenvalue weighted by molar-refractivity contribution is 7.93. The van der Waals surface area contributed by atoms with E-state index < -0.39 is 41.6 Å². The van der Waals surface area contributed by atoms with Gasteiger partial charge in [0, 0.05) is 29.1 Å². The number of aryl methyl sites for hydroxylation is 1. The lowest BCUT2D eigenvalue weighted by Crippen LogP contribution is -2.52. The Balaban J connectivity index is 1.36. The van der Waals surface area contributed by atoms with E-state index in [1.165, 1.54) is 11.1 Å². The van der Waals surface area contributed by atoms with Gasteiger partial charge in [-0.15, -0.1) is 17.5 Å². The van der Waals surface area contributed by atoms with Crippen molar-refractivity contribution in [2.45, 2.75) is 121 Å². The summed E-state index contributed by atoms with van der Waals surface area (Å²) >= 11 is 6.53. The van der Waals surface area contributed by atoms with Gasteiger partial charge in [0.2, 0.25) is 0 Å². The summed E-state index contributed by atoms with van der Waals surface area (Å²) in [4.78, 5) is 30.2. The van der Waals surface area contributed by atoms with Gasteiger partial charge in [0.05, 0.1) is 23.6 Å². The average molecular weight is 889 g/mol. The number of nitrogens with one attached hydrogen (secondary N) is 1. The van der Waals surface area contributed by atoms with Crippen LogP contribution in [0.4, 0.5) is 10.5 Å². The number of hydrogen-bond donors (Lipinski definition) is 1. The number of hydrogen-bond acceptors (Lipinski definition) is 7. The fourth-order valence-electron chi connectivity index (χ4n) is 8.85. The third-order valence-electron chi connectivity index (χ3n) is 14.0. The monoisotopic (exact) mass is 887 g/mol. The minimum absolute atomic E-state index is 0.0611. The molecule has 1 aliphatic heterocycles. The lowest BCUT2D eigenvalue weighted by atomic mass is 9.68. The molecule has 1 saturated carbocycles. The van der Waals surface area contributed by atoms with Gasteiger partial charge in [-0.2, -0.15) is 0 Å². The zero-order valence-corrected chi connectivity index (χ0v) is 40.0. The third-order valence-corrected chi connectivity index (χ3v) is 21.0. The van der Waals surface area contributed by atoms with Crippen molar-refractivity contribution in [3.8, 4) is 5.75 Å². The first-order valence-electron chi connectivity index (χ1n) is 21.9. The number of anilines is 1. The molecule has 61 heavy (non-hydrogen) atoms. The second kappa shape index (κ2) is 18.8. The number of fused-ring (bicyclic) bond motifs is 3. The predicted octanol–water partition coefficient (Wildman–Crippen LogP) is 12.0. The van der Waals surface area contributed by atoms with E-state index in [1.807, 2.05) is 61.5 Å². The number of allylic oxidation sites excluding steroid dienone is 1. The van der Waals surface area contributed by atoms with Crippen molar-refractivity contribution in [2.75, 3.05) is 24.6 Å². The summed E-state index contributed by atoms with van der Waals surface area (Å²) in [5, 5.41) is 0.0782. The molecule has 330 valence electrons. The molecular formula is C49H66ClN3O6SSi. The largest absolute Gasteiger partial charge is 0.490 e. The van der Waals surface area contributed by atoms with Crippen LogP contribution in [0.1, 0.15) is 107 Å². The van der Waals surface area contributed by atoms with E-state index in [2.05, 4.69) is 73.1 Å². The summed E-state index contributed by atoms with van der Waals surface area (Å²) in [6, 6.07) is 20.8. The van der Waals surface area contributed by atoms with Gasteiger partial charge in [0.1, 0.15) is 21.8 Å². The van der Waals surface area contributed by atoms with Gasteiger partial charge in [-0.05, 0) is 135 Å². The molecule has 2 amide bonds. The summed E-state index contributed by atoms with van der Waals surface area (Å²) in [6.07, 6.45) is 7.64. The molecule has 3 aromatic rings. The van der Waals surface area contributed by atoms with Crippen LogP contribution in [0.15, 0.2) is 96.4 Å². The highest BCUT2D eigenvalue weighted by atomic mass is 35.5. The first-order valence-corrected chi connectivity index (χ1v) is 26.7. The Labute approximate surface area is 371 Å². The zero-order chi connectivity index (χ0) is 44.3. The molecule has 3 aliphatic rings. The van der Waals surface area contributed by atoms with E-state index >= 15 is 0 Å². The van der Waals surface area contributed by atoms with Crippen LogP contribution in [0.5, 0.6) is 5.75 Å². The Morgan fingerprint density at radius 2 is 1.82 bits per heavy atom. The van der Waals surface area contributed by atoms with Crippen LogP contribution in [-0.4, -0.2) is 55.6 Å². The lowest BCUT2D eigenvalue weighted by molar-refractivity contribution is 0.0528. The van der Waals surface area contributed by atoms with Crippen LogP contribution in [0.3, 0.4) is 0 Å². The fraction of sp³-hybridized carbons (Fsp3) is 0.510. The minimum Gasteiger partial charge on any atom is -0.490 e. The quantitative estimate of drug-likeness (QED) is 0.127. The summed E-state index contributed by atoms with van der Waals surface area (Å²) in [5.74, 6) is 0.367. The van der Waals surface area contributed by atoms with Crippen LogP contribution in [0, 0.1) is 17.8 Å². The van der Waals surface area contributed by atoms with Crippen LogP contribution >= 0.6 is 11.6 Å². The van der Waals surface area contributed by atoms with Crippen molar-refractivity contribution in [3.05, 3.63) is 119 Å². The average Bonchev–Trinajstić information content (AvgIpc) is 3.35. The summed E-state index contributed by atoms with van der Waals surface area (Å²) in [7, 11) is -5.78. The normalized spacial score (nSPS) is 22.9. The van der Waals surface area contributed by atoms with E-state index in [0.717, 1.165) is 54.9 Å². The number of carbonyl (C=O) groups is 2. The maximum Gasteiger partial charge on any atom is 0.420 e. The van der Waals surface area contributed by atoms with Crippen molar-refractivity contribution < 1.29 is 27.7 Å². The Morgan fingerprint density at radius 3 is 2.48 bits per heavy atom. The minimum atomic E-state index is -3.70. The summed E-state index contributed by atoms with van der Waals surface area (Å²) in [6.45, 7) is 26.7. The Morgan fingerprint density at radius 1 is 1.08 bits per heavy atom. The molecule has 0 radical (unpaired) electrons. The SMILES string of the molecule is C=CC[C@H](C)[C@@H](C)S(=O)(=NC(=O)c1ccc2c(c1)N(C[C@@H]1CC[C@H]1[C@H](C=C)O[Si](C)(C)C(C)(C)C)C[C@@]1(CCCc3cc(Cl)ccc31)CO2)NC(=O)O[C@@H](C)c1ccccc1. The van der Waals surface area contributed by atoms with Gasteiger partial charge >= 0.3 is 6.09 Å². The maximum absolute atomic E-state index is 14.9. The number of ether oxygens (including phenoxy) is 2. The Bertz CT molecular complexity index is 2220. The molecule has 1 spiro atoms. The molecule has 9 nitrogen and oxygen atoms in total. The molecule has 0 bridgehead atoms. The molecule has 3 aromatic carbocycles. The summed E-state index contributed by atoms with van der Waals surface area (Å²) in [5.41, 5.74) is 4.00. The molecular weight excluding hydrogens is 822 g/mol. The van der Waals surface area contributed by atoms with Crippen molar-refractivity contribution in [1.82, 2.24) is 4.72 Å². The molecule has 12 heteroatoms. The molecule has 1 N–H and O–H groups in total. The number of benzene rings is 3. The molecule has 0 aromatic heterocycles. The van der Waals surface area contributed by atoms with Gasteiger partial charge < -0.3 is 18.8 Å². The molecule has 1 fully saturated rings. The Hall–Kier alpha value is -3.90. The fourth-order valence-corrected chi connectivity index (χ4v) is 12.1. The molecule has 2 aliphatic carbocycles. The second-order valence-corrected chi connectivity index (χ2v) is 26.6. The van der Waals surface area contributed by atoms with Gasteiger partial charge in [-0.25, -0.2) is 13.7 Å². The van der Waals surface area contributed by atoms with Gasteiger partial charge in [0.25, 0.3) is 5.91 Å². The van der Waals surface area contributed by atoms with Gasteiger partial charge in [0.15, 0.2) is 8.32 Å². The number of nitrogens with zero attached hydrogens (tertiary/aromatic N) is 2. The number of carbonyl (C=O) groups excluding carboxylic acids is 2. The molecule has 1 unspecified atom stereocenters. The smallest absolute Gasteiger partial charge is 0.420 e.